The summed E-state index contributed by atoms with van der Waals surface area (Å²) >= 11 is 1.82. The fraction of sp³-hybridized carbons (Fsp3) is 0.714. The molecule has 0 amide bonds. The molecule has 0 aromatic carbocycles. The molecule has 5 heteroatoms. The zero-order chi connectivity index (χ0) is 13.0. The number of nitrogens with zero attached hydrogens (tertiary/aromatic N) is 4. The van der Waals surface area contributed by atoms with E-state index in [1.807, 2.05) is 23.1 Å². The lowest BCUT2D eigenvalue weighted by Gasteiger charge is -2.22. The Morgan fingerprint density at radius 3 is 2.74 bits per heavy atom. The molecule has 2 aromatic heterocycles. The summed E-state index contributed by atoms with van der Waals surface area (Å²) in [6, 6.07) is 0. The van der Waals surface area contributed by atoms with E-state index in [-0.39, 0.29) is 0 Å². The zero-order valence-electron chi connectivity index (χ0n) is 11.6. The standard InChI is InChI=1S/C14H20N4S/c1-10-11-12(17(2)16-10)15-13(19-11)18-8-7-14(9-18)5-3-4-6-14/h3-9H2,1-2H3. The van der Waals surface area contributed by atoms with E-state index in [0.717, 1.165) is 11.3 Å². The molecule has 19 heavy (non-hydrogen) atoms. The Kier molecular flexibility index (Phi) is 2.43. The fourth-order valence-electron chi connectivity index (χ4n) is 3.84. The Bertz CT molecular complexity index is 586. The molecule has 0 unspecified atom stereocenters. The van der Waals surface area contributed by atoms with Crippen LogP contribution in [0.15, 0.2) is 0 Å². The van der Waals surface area contributed by atoms with Gasteiger partial charge in [0.15, 0.2) is 10.8 Å². The molecule has 1 saturated carbocycles. The van der Waals surface area contributed by atoms with E-state index >= 15 is 0 Å². The number of hydrogen-bond donors (Lipinski definition) is 0. The van der Waals surface area contributed by atoms with Crippen LogP contribution in [0.1, 0.15) is 37.8 Å². The average Bonchev–Trinajstić information content (AvgIpc) is 3.12. The Morgan fingerprint density at radius 2 is 2.00 bits per heavy atom. The fourth-order valence-corrected chi connectivity index (χ4v) is 4.90. The highest BCUT2D eigenvalue weighted by Gasteiger charge is 2.41. The Balaban J connectivity index is 1.66. The van der Waals surface area contributed by atoms with Crippen molar-refractivity contribution in [1.29, 1.82) is 0 Å². The van der Waals surface area contributed by atoms with Gasteiger partial charge >= 0.3 is 0 Å². The molecule has 1 aliphatic carbocycles. The topological polar surface area (TPSA) is 34.0 Å². The minimum absolute atomic E-state index is 0.616. The summed E-state index contributed by atoms with van der Waals surface area (Å²) < 4.78 is 3.16. The third-order valence-electron chi connectivity index (χ3n) is 4.91. The maximum atomic E-state index is 4.81. The minimum atomic E-state index is 0.616. The van der Waals surface area contributed by atoms with E-state index in [1.54, 1.807) is 0 Å². The van der Waals surface area contributed by atoms with Gasteiger partial charge in [-0.2, -0.15) is 5.10 Å². The van der Waals surface area contributed by atoms with Crippen LogP contribution in [0.3, 0.4) is 0 Å². The van der Waals surface area contributed by atoms with Crippen molar-refractivity contribution < 1.29 is 0 Å². The van der Waals surface area contributed by atoms with Crippen molar-refractivity contribution in [3.8, 4) is 0 Å². The van der Waals surface area contributed by atoms with E-state index in [2.05, 4.69) is 16.9 Å². The molecule has 2 aliphatic rings. The van der Waals surface area contributed by atoms with Crippen molar-refractivity contribution in [1.82, 2.24) is 14.8 Å². The monoisotopic (exact) mass is 276 g/mol. The summed E-state index contributed by atoms with van der Waals surface area (Å²) in [5.41, 5.74) is 2.77. The van der Waals surface area contributed by atoms with Crippen LogP contribution < -0.4 is 4.90 Å². The molecule has 0 bridgehead atoms. The van der Waals surface area contributed by atoms with Gasteiger partial charge in [0, 0.05) is 20.1 Å². The number of hydrogen-bond acceptors (Lipinski definition) is 4. The first-order valence-corrected chi connectivity index (χ1v) is 8.04. The first-order valence-electron chi connectivity index (χ1n) is 7.22. The van der Waals surface area contributed by atoms with E-state index in [9.17, 15) is 0 Å². The molecule has 1 aliphatic heterocycles. The van der Waals surface area contributed by atoms with Crippen molar-refractivity contribution in [3.05, 3.63) is 5.69 Å². The SMILES string of the molecule is Cc1nn(C)c2nc(N3CCC4(CCCC4)C3)sc12. The molecule has 2 aromatic rings. The molecule has 4 nitrogen and oxygen atoms in total. The summed E-state index contributed by atoms with van der Waals surface area (Å²) in [6.07, 6.45) is 7.07. The Morgan fingerprint density at radius 1 is 1.21 bits per heavy atom. The van der Waals surface area contributed by atoms with Gasteiger partial charge < -0.3 is 4.90 Å². The highest BCUT2D eigenvalue weighted by atomic mass is 32.1. The Hall–Kier alpha value is -1.10. The van der Waals surface area contributed by atoms with Crippen LogP contribution >= 0.6 is 11.3 Å². The van der Waals surface area contributed by atoms with Gasteiger partial charge in [0.05, 0.1) is 10.4 Å². The van der Waals surface area contributed by atoms with Gasteiger partial charge in [-0.25, -0.2) is 9.67 Å². The normalized spacial score (nSPS) is 22.1. The van der Waals surface area contributed by atoms with Crippen LogP contribution in [-0.4, -0.2) is 27.9 Å². The smallest absolute Gasteiger partial charge is 0.188 e. The third-order valence-corrected chi connectivity index (χ3v) is 6.12. The number of aromatic nitrogens is 3. The molecule has 102 valence electrons. The lowest BCUT2D eigenvalue weighted by Crippen LogP contribution is -2.24. The molecule has 4 rings (SSSR count). The van der Waals surface area contributed by atoms with Crippen LogP contribution in [0.4, 0.5) is 5.13 Å². The van der Waals surface area contributed by atoms with Crippen LogP contribution in [0, 0.1) is 12.3 Å². The maximum Gasteiger partial charge on any atom is 0.188 e. The number of aryl methyl sites for hydroxylation is 2. The molecular weight excluding hydrogens is 256 g/mol. The predicted molar refractivity (Wildman–Crippen MR) is 78.9 cm³/mol. The summed E-state index contributed by atoms with van der Waals surface area (Å²) in [4.78, 5) is 7.32. The highest BCUT2D eigenvalue weighted by molar-refractivity contribution is 7.22. The van der Waals surface area contributed by atoms with Crippen molar-refractivity contribution >= 4 is 26.8 Å². The summed E-state index contributed by atoms with van der Waals surface area (Å²) in [5.74, 6) is 0. The number of fused-ring (bicyclic) bond motifs is 1. The molecular formula is C14H20N4S. The highest BCUT2D eigenvalue weighted by Crippen LogP contribution is 2.47. The van der Waals surface area contributed by atoms with Crippen molar-refractivity contribution in [3.63, 3.8) is 0 Å². The quantitative estimate of drug-likeness (QED) is 0.802. The van der Waals surface area contributed by atoms with Crippen LogP contribution in [0.25, 0.3) is 10.3 Å². The second-order valence-corrected chi connectivity index (χ2v) is 7.21. The first kappa shape index (κ1) is 11.7. The third kappa shape index (κ3) is 1.71. The molecule has 0 radical (unpaired) electrons. The van der Waals surface area contributed by atoms with E-state index in [1.165, 1.54) is 55.0 Å². The predicted octanol–water partition coefficient (Wildman–Crippen LogP) is 3.11. The minimum Gasteiger partial charge on any atom is -0.347 e. The molecule has 2 fully saturated rings. The summed E-state index contributed by atoms with van der Waals surface area (Å²) in [6.45, 7) is 4.48. The van der Waals surface area contributed by atoms with Crippen molar-refractivity contribution in [2.45, 2.75) is 39.0 Å². The zero-order valence-corrected chi connectivity index (χ0v) is 12.5. The lowest BCUT2D eigenvalue weighted by atomic mass is 9.86. The lowest BCUT2D eigenvalue weighted by molar-refractivity contribution is 0.341. The van der Waals surface area contributed by atoms with Gasteiger partial charge in [0.2, 0.25) is 0 Å². The second kappa shape index (κ2) is 3.95. The van der Waals surface area contributed by atoms with Gasteiger partial charge in [-0.15, -0.1) is 0 Å². The number of thiazole rings is 1. The van der Waals surface area contributed by atoms with Crippen molar-refractivity contribution in [2.24, 2.45) is 12.5 Å². The average molecular weight is 276 g/mol. The van der Waals surface area contributed by atoms with E-state index in [4.69, 9.17) is 4.98 Å². The number of rotatable bonds is 1. The number of anilines is 1. The first-order chi connectivity index (χ1) is 9.17. The molecule has 0 N–H and O–H groups in total. The molecule has 1 spiro atoms. The van der Waals surface area contributed by atoms with Crippen LogP contribution in [0.2, 0.25) is 0 Å². The van der Waals surface area contributed by atoms with Crippen LogP contribution in [0.5, 0.6) is 0 Å². The van der Waals surface area contributed by atoms with Crippen LogP contribution in [-0.2, 0) is 7.05 Å². The second-order valence-electron chi connectivity index (χ2n) is 6.24. The van der Waals surface area contributed by atoms with Crippen molar-refractivity contribution in [2.75, 3.05) is 18.0 Å². The van der Waals surface area contributed by atoms with Gasteiger partial charge in [-0.05, 0) is 31.6 Å². The molecule has 0 atom stereocenters. The Labute approximate surface area is 117 Å². The van der Waals surface area contributed by atoms with Gasteiger partial charge in [0.25, 0.3) is 0 Å². The maximum absolute atomic E-state index is 4.81. The van der Waals surface area contributed by atoms with E-state index < -0.39 is 0 Å². The van der Waals surface area contributed by atoms with Gasteiger partial charge in [-0.1, -0.05) is 24.2 Å². The molecule has 1 saturated heterocycles. The van der Waals surface area contributed by atoms with E-state index in [0.29, 0.717) is 5.41 Å². The summed E-state index contributed by atoms with van der Waals surface area (Å²) in [7, 11) is 1.99. The van der Waals surface area contributed by atoms with Gasteiger partial charge in [-0.3, -0.25) is 0 Å². The van der Waals surface area contributed by atoms with Gasteiger partial charge in [0.1, 0.15) is 0 Å². The molecule has 3 heterocycles. The summed E-state index contributed by atoms with van der Waals surface area (Å²) in [5, 5.41) is 5.64. The largest absolute Gasteiger partial charge is 0.347 e.